The van der Waals surface area contributed by atoms with Crippen LogP contribution in [0, 0.1) is 18.2 Å². The zero-order valence-corrected chi connectivity index (χ0v) is 9.31. The van der Waals surface area contributed by atoms with Gasteiger partial charge in [-0.15, -0.1) is 12.3 Å². The average molecular weight is 226 g/mol. The zero-order valence-electron chi connectivity index (χ0n) is 8.56. The molecule has 1 rings (SSSR count). The maximum Gasteiger partial charge on any atom is 0.128 e. The fourth-order valence-corrected chi connectivity index (χ4v) is 1.62. The van der Waals surface area contributed by atoms with Gasteiger partial charge in [-0.3, -0.25) is 0 Å². The zero-order chi connectivity index (χ0) is 11.3. The molecule has 0 aliphatic heterocycles. The van der Waals surface area contributed by atoms with Gasteiger partial charge >= 0.3 is 0 Å². The molecule has 0 heterocycles. The van der Waals surface area contributed by atoms with E-state index in [1.54, 1.807) is 6.07 Å². The number of hydrogen-bond donors (Lipinski definition) is 1. The van der Waals surface area contributed by atoms with Crippen molar-refractivity contribution < 1.29 is 4.39 Å². The Morgan fingerprint density at radius 1 is 1.60 bits per heavy atom. The lowest BCUT2D eigenvalue weighted by Gasteiger charge is -2.16. The second-order valence-electron chi connectivity index (χ2n) is 3.18. The molecule has 0 amide bonds. The fraction of sp³-hybridized carbons (Fsp3) is 0.333. The van der Waals surface area contributed by atoms with Gasteiger partial charge < -0.3 is 5.32 Å². The molecule has 1 unspecified atom stereocenters. The summed E-state index contributed by atoms with van der Waals surface area (Å²) >= 11 is 5.82. The summed E-state index contributed by atoms with van der Waals surface area (Å²) in [6.07, 6.45) is 5.69. The molecule has 80 valence electrons. The molecule has 3 heteroatoms. The van der Waals surface area contributed by atoms with Gasteiger partial charge in [0, 0.05) is 23.0 Å². The lowest BCUT2D eigenvalue weighted by atomic mass is 10.0. The highest BCUT2D eigenvalue weighted by molar-refractivity contribution is 6.30. The van der Waals surface area contributed by atoms with Crippen molar-refractivity contribution >= 4 is 11.6 Å². The van der Waals surface area contributed by atoms with E-state index in [1.807, 2.05) is 6.92 Å². The van der Waals surface area contributed by atoms with Crippen molar-refractivity contribution in [1.82, 2.24) is 5.32 Å². The number of benzene rings is 1. The second kappa shape index (κ2) is 5.75. The third-order valence-electron chi connectivity index (χ3n) is 2.11. The van der Waals surface area contributed by atoms with Crippen molar-refractivity contribution in [2.75, 3.05) is 6.54 Å². The lowest BCUT2D eigenvalue weighted by molar-refractivity contribution is 0.520. The number of rotatable bonds is 4. The van der Waals surface area contributed by atoms with Crippen molar-refractivity contribution in [2.24, 2.45) is 0 Å². The van der Waals surface area contributed by atoms with Gasteiger partial charge in [0.05, 0.1) is 0 Å². The van der Waals surface area contributed by atoms with Crippen LogP contribution in [0.5, 0.6) is 0 Å². The summed E-state index contributed by atoms with van der Waals surface area (Å²) in [5, 5.41) is 3.65. The van der Waals surface area contributed by atoms with Gasteiger partial charge in [0.15, 0.2) is 0 Å². The van der Waals surface area contributed by atoms with E-state index in [4.69, 9.17) is 18.0 Å². The van der Waals surface area contributed by atoms with Gasteiger partial charge in [0.2, 0.25) is 0 Å². The first-order valence-corrected chi connectivity index (χ1v) is 5.18. The molecule has 1 N–H and O–H groups in total. The summed E-state index contributed by atoms with van der Waals surface area (Å²) in [5.74, 6) is 2.25. The summed E-state index contributed by atoms with van der Waals surface area (Å²) in [7, 11) is 0. The SMILES string of the molecule is C#CCC(NCC)c1cc(Cl)ccc1F. The van der Waals surface area contributed by atoms with Crippen LogP contribution in [-0.4, -0.2) is 6.54 Å². The van der Waals surface area contributed by atoms with E-state index >= 15 is 0 Å². The Labute approximate surface area is 94.6 Å². The van der Waals surface area contributed by atoms with Gasteiger partial charge in [-0.2, -0.15) is 0 Å². The van der Waals surface area contributed by atoms with Gasteiger partial charge in [-0.05, 0) is 24.7 Å². The predicted molar refractivity (Wildman–Crippen MR) is 61.3 cm³/mol. The third kappa shape index (κ3) is 3.23. The van der Waals surface area contributed by atoms with Crippen LogP contribution >= 0.6 is 11.6 Å². The molecule has 0 radical (unpaired) electrons. The van der Waals surface area contributed by atoms with E-state index in [9.17, 15) is 4.39 Å². The predicted octanol–water partition coefficient (Wildman–Crippen LogP) is 3.15. The summed E-state index contributed by atoms with van der Waals surface area (Å²) in [4.78, 5) is 0. The van der Waals surface area contributed by atoms with Crippen molar-refractivity contribution in [2.45, 2.75) is 19.4 Å². The Morgan fingerprint density at radius 2 is 2.33 bits per heavy atom. The van der Waals surface area contributed by atoms with Crippen LogP contribution in [0.25, 0.3) is 0 Å². The third-order valence-corrected chi connectivity index (χ3v) is 2.34. The molecule has 1 nitrogen and oxygen atoms in total. The highest BCUT2D eigenvalue weighted by Gasteiger charge is 2.13. The first-order chi connectivity index (χ1) is 7.19. The van der Waals surface area contributed by atoms with E-state index in [0.29, 0.717) is 17.0 Å². The molecule has 0 saturated carbocycles. The van der Waals surface area contributed by atoms with Crippen LogP contribution < -0.4 is 5.32 Å². The molecule has 1 aromatic rings. The summed E-state index contributed by atoms with van der Waals surface area (Å²) < 4.78 is 13.5. The Morgan fingerprint density at radius 3 is 2.93 bits per heavy atom. The minimum absolute atomic E-state index is 0.168. The maximum absolute atomic E-state index is 13.5. The first kappa shape index (κ1) is 12.0. The number of hydrogen-bond acceptors (Lipinski definition) is 1. The smallest absolute Gasteiger partial charge is 0.128 e. The summed E-state index contributed by atoms with van der Waals surface area (Å²) in [5.41, 5.74) is 0.530. The van der Waals surface area contributed by atoms with E-state index < -0.39 is 0 Å². The Kier molecular flexibility index (Phi) is 4.61. The van der Waals surface area contributed by atoms with Crippen LogP contribution in [-0.2, 0) is 0 Å². The monoisotopic (exact) mass is 225 g/mol. The van der Waals surface area contributed by atoms with E-state index in [-0.39, 0.29) is 11.9 Å². The van der Waals surface area contributed by atoms with Crippen LogP contribution in [0.3, 0.4) is 0 Å². The van der Waals surface area contributed by atoms with Crippen LogP contribution in [0.2, 0.25) is 5.02 Å². The lowest BCUT2D eigenvalue weighted by Crippen LogP contribution is -2.21. The molecule has 0 aliphatic rings. The van der Waals surface area contributed by atoms with Crippen LogP contribution in [0.1, 0.15) is 24.9 Å². The van der Waals surface area contributed by atoms with E-state index in [1.165, 1.54) is 12.1 Å². The highest BCUT2D eigenvalue weighted by Crippen LogP contribution is 2.23. The number of nitrogens with one attached hydrogen (secondary N) is 1. The molecule has 0 spiro atoms. The quantitative estimate of drug-likeness (QED) is 0.777. The molecule has 0 bridgehead atoms. The van der Waals surface area contributed by atoms with Crippen LogP contribution in [0.15, 0.2) is 18.2 Å². The van der Waals surface area contributed by atoms with Crippen molar-refractivity contribution in [3.63, 3.8) is 0 Å². The van der Waals surface area contributed by atoms with Gasteiger partial charge in [-0.1, -0.05) is 18.5 Å². The van der Waals surface area contributed by atoms with Gasteiger partial charge in [0.1, 0.15) is 5.82 Å². The first-order valence-electron chi connectivity index (χ1n) is 4.80. The molecule has 0 aromatic heterocycles. The number of terminal acetylenes is 1. The Bertz CT molecular complexity index is 370. The molecule has 1 aromatic carbocycles. The summed E-state index contributed by atoms with van der Waals surface area (Å²) in [6, 6.07) is 4.33. The molecule has 0 fully saturated rings. The van der Waals surface area contributed by atoms with Crippen LogP contribution in [0.4, 0.5) is 4.39 Å². The Balaban J connectivity index is 2.99. The van der Waals surface area contributed by atoms with Crippen molar-refractivity contribution in [1.29, 1.82) is 0 Å². The minimum Gasteiger partial charge on any atom is -0.309 e. The molecule has 0 saturated heterocycles. The normalized spacial score (nSPS) is 12.1. The van der Waals surface area contributed by atoms with Gasteiger partial charge in [0.25, 0.3) is 0 Å². The molecule has 1 atom stereocenters. The molecular formula is C12H13ClFN. The highest BCUT2D eigenvalue weighted by atomic mass is 35.5. The molecule has 0 aliphatic carbocycles. The minimum atomic E-state index is -0.277. The van der Waals surface area contributed by atoms with E-state index in [2.05, 4.69) is 11.2 Å². The standard InChI is InChI=1S/C12H13ClFN/c1-3-5-12(15-4-2)10-8-9(13)6-7-11(10)14/h1,6-8,12,15H,4-5H2,2H3. The van der Waals surface area contributed by atoms with Crippen molar-refractivity contribution in [3.8, 4) is 12.3 Å². The van der Waals surface area contributed by atoms with Gasteiger partial charge in [-0.25, -0.2) is 4.39 Å². The number of halogens is 2. The van der Waals surface area contributed by atoms with Crippen molar-refractivity contribution in [3.05, 3.63) is 34.6 Å². The largest absolute Gasteiger partial charge is 0.309 e. The Hall–Kier alpha value is -1.04. The average Bonchev–Trinajstić information content (AvgIpc) is 2.21. The van der Waals surface area contributed by atoms with E-state index in [0.717, 1.165) is 6.54 Å². The summed E-state index contributed by atoms with van der Waals surface area (Å²) in [6.45, 7) is 2.68. The molecular weight excluding hydrogens is 213 g/mol. The topological polar surface area (TPSA) is 12.0 Å². The second-order valence-corrected chi connectivity index (χ2v) is 3.62. The maximum atomic E-state index is 13.5. The fourth-order valence-electron chi connectivity index (χ4n) is 1.44. The molecule has 15 heavy (non-hydrogen) atoms.